The van der Waals surface area contributed by atoms with E-state index in [1.165, 1.54) is 30.3 Å². The number of nitrogens with zero attached hydrogens (tertiary/aromatic N) is 1. The Labute approximate surface area is 120 Å². The van der Waals surface area contributed by atoms with Crippen molar-refractivity contribution < 1.29 is 14.1 Å². The molecule has 0 atom stereocenters. The standard InChI is InChI=1S/C12H7BrN2O5/c13-10-4-7(6-20-12(10)17)11(16)14-8-2-1-3-9(5-8)15(18)19/h1-6H,(H,14,16). The molecule has 2 aromatic rings. The lowest BCUT2D eigenvalue weighted by atomic mass is 10.2. The number of carbonyl (C=O) groups is 1. The van der Waals surface area contributed by atoms with Crippen LogP contribution in [0.4, 0.5) is 11.4 Å². The Morgan fingerprint density at radius 3 is 2.75 bits per heavy atom. The lowest BCUT2D eigenvalue weighted by Crippen LogP contribution is -2.13. The molecule has 0 aliphatic rings. The third-order valence-electron chi connectivity index (χ3n) is 2.35. The molecule has 7 nitrogen and oxygen atoms in total. The average molecular weight is 339 g/mol. The molecule has 1 aromatic heterocycles. The lowest BCUT2D eigenvalue weighted by Gasteiger charge is -2.04. The van der Waals surface area contributed by atoms with Crippen LogP contribution in [0.3, 0.4) is 0 Å². The molecule has 0 spiro atoms. The number of anilines is 1. The number of amides is 1. The molecule has 1 N–H and O–H groups in total. The second kappa shape index (κ2) is 5.66. The van der Waals surface area contributed by atoms with Crippen LogP contribution in [0.25, 0.3) is 0 Å². The maximum Gasteiger partial charge on any atom is 0.350 e. The molecule has 0 bridgehead atoms. The smallest absolute Gasteiger partial charge is 0.350 e. The summed E-state index contributed by atoms with van der Waals surface area (Å²) in [5, 5.41) is 13.1. The van der Waals surface area contributed by atoms with Crippen LogP contribution in [-0.2, 0) is 0 Å². The van der Waals surface area contributed by atoms with Gasteiger partial charge in [-0.2, -0.15) is 0 Å². The molecule has 0 saturated carbocycles. The first kappa shape index (κ1) is 13.9. The summed E-state index contributed by atoms with van der Waals surface area (Å²) >= 11 is 2.95. The third-order valence-corrected chi connectivity index (χ3v) is 2.90. The van der Waals surface area contributed by atoms with Crippen LogP contribution in [0, 0.1) is 10.1 Å². The van der Waals surface area contributed by atoms with E-state index in [4.69, 9.17) is 0 Å². The van der Waals surface area contributed by atoms with Gasteiger partial charge in [0.1, 0.15) is 10.7 Å². The molecule has 1 aromatic carbocycles. The third kappa shape index (κ3) is 3.09. The molecule has 0 fully saturated rings. The molecule has 8 heteroatoms. The van der Waals surface area contributed by atoms with Crippen molar-refractivity contribution in [1.29, 1.82) is 0 Å². The number of non-ortho nitro benzene ring substituents is 1. The van der Waals surface area contributed by atoms with Gasteiger partial charge in [-0.3, -0.25) is 14.9 Å². The SMILES string of the molecule is O=C(Nc1cccc([N+](=O)[O-])c1)c1coc(=O)c(Br)c1. The fraction of sp³-hybridized carbons (Fsp3) is 0. The zero-order valence-corrected chi connectivity index (χ0v) is 11.4. The van der Waals surface area contributed by atoms with Crippen LogP contribution in [-0.4, -0.2) is 10.8 Å². The number of carbonyl (C=O) groups excluding carboxylic acids is 1. The van der Waals surface area contributed by atoms with Gasteiger partial charge in [-0.1, -0.05) is 6.07 Å². The van der Waals surface area contributed by atoms with Crippen LogP contribution in [0.15, 0.2) is 50.3 Å². The molecule has 0 aliphatic carbocycles. The molecule has 0 unspecified atom stereocenters. The molecule has 0 saturated heterocycles. The van der Waals surface area contributed by atoms with E-state index < -0.39 is 16.5 Å². The highest BCUT2D eigenvalue weighted by Crippen LogP contribution is 2.18. The van der Waals surface area contributed by atoms with Gasteiger partial charge in [0.15, 0.2) is 0 Å². The quantitative estimate of drug-likeness (QED) is 0.684. The van der Waals surface area contributed by atoms with Gasteiger partial charge in [-0.25, -0.2) is 4.79 Å². The summed E-state index contributed by atoms with van der Waals surface area (Å²) in [6, 6.07) is 6.81. The minimum atomic E-state index is -0.600. The molecule has 0 radical (unpaired) electrons. The Hall–Kier alpha value is -2.48. The Balaban J connectivity index is 2.23. The van der Waals surface area contributed by atoms with Gasteiger partial charge in [-0.05, 0) is 28.1 Å². The Morgan fingerprint density at radius 2 is 2.10 bits per heavy atom. The Bertz CT molecular complexity index is 741. The van der Waals surface area contributed by atoms with E-state index in [-0.39, 0.29) is 21.4 Å². The largest absolute Gasteiger partial charge is 0.430 e. The summed E-state index contributed by atoms with van der Waals surface area (Å²) in [5.41, 5.74) is -0.352. The zero-order valence-electron chi connectivity index (χ0n) is 9.83. The van der Waals surface area contributed by atoms with E-state index in [0.29, 0.717) is 0 Å². The summed E-state index contributed by atoms with van der Waals surface area (Å²) in [7, 11) is 0. The van der Waals surface area contributed by atoms with E-state index in [2.05, 4.69) is 25.7 Å². The number of benzene rings is 1. The molecule has 1 amide bonds. The van der Waals surface area contributed by atoms with E-state index in [1.54, 1.807) is 0 Å². The van der Waals surface area contributed by atoms with Gasteiger partial charge in [0.2, 0.25) is 0 Å². The predicted molar refractivity (Wildman–Crippen MR) is 73.7 cm³/mol. The maximum absolute atomic E-state index is 11.9. The van der Waals surface area contributed by atoms with Crippen molar-refractivity contribution in [3.8, 4) is 0 Å². The minimum Gasteiger partial charge on any atom is -0.430 e. The second-order valence-corrected chi connectivity index (χ2v) is 4.59. The van der Waals surface area contributed by atoms with E-state index in [0.717, 1.165) is 6.26 Å². The van der Waals surface area contributed by atoms with Gasteiger partial charge in [0.25, 0.3) is 11.6 Å². The van der Waals surface area contributed by atoms with Crippen molar-refractivity contribution in [3.05, 3.63) is 67.2 Å². The molecular formula is C12H7BrN2O5. The molecule has 2 rings (SSSR count). The minimum absolute atomic E-state index is 0.114. The Morgan fingerprint density at radius 1 is 1.35 bits per heavy atom. The Kier molecular flexibility index (Phi) is 3.94. The number of hydrogen-bond donors (Lipinski definition) is 1. The number of hydrogen-bond acceptors (Lipinski definition) is 5. The normalized spacial score (nSPS) is 10.1. The molecule has 0 aliphatic heterocycles. The number of halogens is 1. The monoisotopic (exact) mass is 338 g/mol. The zero-order chi connectivity index (χ0) is 14.7. The van der Waals surface area contributed by atoms with Crippen molar-refractivity contribution in [1.82, 2.24) is 0 Å². The summed E-state index contributed by atoms with van der Waals surface area (Å²) in [6.07, 6.45) is 1.01. The first-order chi connectivity index (χ1) is 9.47. The average Bonchev–Trinajstić information content (AvgIpc) is 2.42. The van der Waals surface area contributed by atoms with Crippen LogP contribution < -0.4 is 10.9 Å². The number of nitro benzene ring substituents is 1. The summed E-state index contributed by atoms with van der Waals surface area (Å²) in [5.74, 6) is -0.546. The van der Waals surface area contributed by atoms with Gasteiger partial charge < -0.3 is 9.73 Å². The lowest BCUT2D eigenvalue weighted by molar-refractivity contribution is -0.384. The van der Waals surface area contributed by atoms with Crippen LogP contribution in [0.2, 0.25) is 0 Å². The fourth-order valence-electron chi connectivity index (χ4n) is 1.42. The molecule has 1 heterocycles. The summed E-state index contributed by atoms with van der Waals surface area (Å²) in [4.78, 5) is 33.0. The van der Waals surface area contributed by atoms with Crippen molar-refractivity contribution in [2.45, 2.75) is 0 Å². The van der Waals surface area contributed by atoms with Gasteiger partial charge in [0.05, 0.1) is 10.5 Å². The summed E-state index contributed by atoms with van der Waals surface area (Å²) in [6.45, 7) is 0. The first-order valence-corrected chi connectivity index (χ1v) is 6.11. The van der Waals surface area contributed by atoms with E-state index in [9.17, 15) is 19.7 Å². The van der Waals surface area contributed by atoms with E-state index in [1.807, 2.05) is 0 Å². The number of nitro groups is 1. The van der Waals surface area contributed by atoms with Crippen LogP contribution in [0.1, 0.15) is 10.4 Å². The van der Waals surface area contributed by atoms with Crippen molar-refractivity contribution >= 4 is 33.2 Å². The topological polar surface area (TPSA) is 102 Å². The molecule has 20 heavy (non-hydrogen) atoms. The van der Waals surface area contributed by atoms with Crippen molar-refractivity contribution in [2.75, 3.05) is 5.32 Å². The second-order valence-electron chi connectivity index (χ2n) is 3.73. The van der Waals surface area contributed by atoms with Crippen LogP contribution in [0.5, 0.6) is 0 Å². The van der Waals surface area contributed by atoms with Crippen molar-refractivity contribution in [3.63, 3.8) is 0 Å². The van der Waals surface area contributed by atoms with Crippen LogP contribution >= 0.6 is 15.9 Å². The predicted octanol–water partition coefficient (Wildman–Crippen LogP) is 2.56. The number of nitrogens with one attached hydrogen (secondary N) is 1. The maximum atomic E-state index is 11.9. The highest BCUT2D eigenvalue weighted by molar-refractivity contribution is 9.10. The van der Waals surface area contributed by atoms with E-state index >= 15 is 0 Å². The highest BCUT2D eigenvalue weighted by Gasteiger charge is 2.11. The molecular weight excluding hydrogens is 332 g/mol. The van der Waals surface area contributed by atoms with Gasteiger partial charge in [0, 0.05) is 17.8 Å². The highest BCUT2D eigenvalue weighted by atomic mass is 79.9. The van der Waals surface area contributed by atoms with Gasteiger partial charge in [-0.15, -0.1) is 0 Å². The fourth-order valence-corrected chi connectivity index (χ4v) is 1.76. The summed E-state index contributed by atoms with van der Waals surface area (Å²) < 4.78 is 4.75. The first-order valence-electron chi connectivity index (χ1n) is 5.31. The number of rotatable bonds is 3. The molecule has 102 valence electrons. The van der Waals surface area contributed by atoms with Gasteiger partial charge >= 0.3 is 5.63 Å². The van der Waals surface area contributed by atoms with Crippen molar-refractivity contribution in [2.24, 2.45) is 0 Å².